The number of hydrogen-bond acceptors (Lipinski definition) is 4. The van der Waals surface area contributed by atoms with Crippen LogP contribution < -0.4 is 5.32 Å². The Morgan fingerprint density at radius 3 is 2.96 bits per heavy atom. The zero-order valence-electron chi connectivity index (χ0n) is 11.9. The highest BCUT2D eigenvalue weighted by Crippen LogP contribution is 2.22. The summed E-state index contributed by atoms with van der Waals surface area (Å²) < 4.78 is 28.3. The summed E-state index contributed by atoms with van der Waals surface area (Å²) in [5.74, 6) is -0.809. The molecule has 1 aromatic carbocycles. The largest absolute Gasteiger partial charge is 0.348 e. The fourth-order valence-corrected chi connectivity index (χ4v) is 2.76. The number of hydrogen-bond donors (Lipinski definition) is 1. The number of benzene rings is 1. The average Bonchev–Trinajstić information content (AvgIpc) is 2.97. The van der Waals surface area contributed by atoms with Crippen LogP contribution in [0.5, 0.6) is 0 Å². The second-order valence-electron chi connectivity index (χ2n) is 4.69. The number of carbonyl (C=O) groups is 1. The SMILES string of the molecule is O=C(CSc1cc(F)ccc1F)NCc1nnc2ccccn12. The molecule has 5 nitrogen and oxygen atoms in total. The average molecular weight is 334 g/mol. The Hall–Kier alpha value is -2.48. The second-order valence-corrected chi connectivity index (χ2v) is 5.70. The van der Waals surface area contributed by atoms with E-state index in [1.54, 1.807) is 16.7 Å². The van der Waals surface area contributed by atoms with Crippen molar-refractivity contribution in [3.05, 3.63) is 60.1 Å². The maximum Gasteiger partial charge on any atom is 0.230 e. The third kappa shape index (κ3) is 3.65. The third-order valence-corrected chi connectivity index (χ3v) is 4.11. The molecule has 8 heteroatoms. The monoisotopic (exact) mass is 334 g/mol. The third-order valence-electron chi connectivity index (χ3n) is 3.08. The molecule has 0 aliphatic heterocycles. The molecular formula is C15H12F2N4OS. The number of rotatable bonds is 5. The standard InChI is InChI=1S/C15H12F2N4OS/c16-10-4-5-11(17)12(7-10)23-9-15(22)18-8-14-20-19-13-3-1-2-6-21(13)14/h1-7H,8-9H2,(H,18,22). The number of fused-ring (bicyclic) bond motifs is 1. The van der Waals surface area contributed by atoms with Crippen LogP contribution in [0.25, 0.3) is 5.65 Å². The lowest BCUT2D eigenvalue weighted by molar-refractivity contribution is -0.118. The van der Waals surface area contributed by atoms with Gasteiger partial charge in [-0.15, -0.1) is 22.0 Å². The summed E-state index contributed by atoms with van der Waals surface area (Å²) in [7, 11) is 0. The number of nitrogens with one attached hydrogen (secondary N) is 1. The van der Waals surface area contributed by atoms with Gasteiger partial charge in [-0.2, -0.15) is 0 Å². The molecule has 0 bridgehead atoms. The van der Waals surface area contributed by atoms with Crippen molar-refractivity contribution < 1.29 is 13.6 Å². The molecule has 118 valence electrons. The van der Waals surface area contributed by atoms with Gasteiger partial charge in [0.15, 0.2) is 11.5 Å². The number of carbonyl (C=O) groups excluding carboxylic acids is 1. The van der Waals surface area contributed by atoms with E-state index in [-0.39, 0.29) is 23.1 Å². The van der Waals surface area contributed by atoms with E-state index in [2.05, 4.69) is 15.5 Å². The van der Waals surface area contributed by atoms with Crippen LogP contribution in [-0.4, -0.2) is 26.3 Å². The van der Waals surface area contributed by atoms with Gasteiger partial charge in [0.25, 0.3) is 0 Å². The Labute approximate surface area is 134 Å². The molecule has 3 aromatic rings. The number of halogens is 2. The highest BCUT2D eigenvalue weighted by molar-refractivity contribution is 8.00. The van der Waals surface area contributed by atoms with Crippen LogP contribution in [-0.2, 0) is 11.3 Å². The summed E-state index contributed by atoms with van der Waals surface area (Å²) in [6.45, 7) is 0.205. The molecule has 0 atom stereocenters. The summed E-state index contributed by atoms with van der Waals surface area (Å²) in [4.78, 5) is 11.9. The van der Waals surface area contributed by atoms with E-state index in [0.717, 1.165) is 30.0 Å². The first-order chi connectivity index (χ1) is 11.1. The lowest BCUT2D eigenvalue weighted by Crippen LogP contribution is -2.25. The molecular weight excluding hydrogens is 322 g/mol. The van der Waals surface area contributed by atoms with Crippen LogP contribution in [0.2, 0.25) is 0 Å². The molecule has 0 saturated carbocycles. The Morgan fingerprint density at radius 1 is 1.22 bits per heavy atom. The minimum absolute atomic E-state index is 0.0168. The molecule has 23 heavy (non-hydrogen) atoms. The fourth-order valence-electron chi connectivity index (χ4n) is 1.97. The van der Waals surface area contributed by atoms with Crippen molar-refractivity contribution in [2.45, 2.75) is 11.4 Å². The Balaban J connectivity index is 1.56. The first-order valence-corrected chi connectivity index (χ1v) is 7.75. The van der Waals surface area contributed by atoms with Crippen LogP contribution in [0.4, 0.5) is 8.78 Å². The molecule has 0 spiro atoms. The summed E-state index contributed by atoms with van der Waals surface area (Å²) in [6.07, 6.45) is 1.80. The number of amides is 1. The van der Waals surface area contributed by atoms with Crippen molar-refractivity contribution in [2.75, 3.05) is 5.75 Å². The van der Waals surface area contributed by atoms with E-state index in [9.17, 15) is 13.6 Å². The smallest absolute Gasteiger partial charge is 0.230 e. The van der Waals surface area contributed by atoms with Crippen LogP contribution in [0.1, 0.15) is 5.82 Å². The van der Waals surface area contributed by atoms with Gasteiger partial charge in [-0.25, -0.2) is 8.78 Å². The van der Waals surface area contributed by atoms with Crippen molar-refractivity contribution >= 4 is 23.3 Å². The van der Waals surface area contributed by atoms with Gasteiger partial charge < -0.3 is 5.32 Å². The van der Waals surface area contributed by atoms with Gasteiger partial charge in [-0.1, -0.05) is 6.07 Å². The normalized spacial score (nSPS) is 10.9. The molecule has 0 aliphatic carbocycles. The quantitative estimate of drug-likeness (QED) is 0.728. The molecule has 2 aromatic heterocycles. The number of aromatic nitrogens is 3. The molecule has 0 unspecified atom stereocenters. The van der Waals surface area contributed by atoms with Gasteiger partial charge in [0.2, 0.25) is 5.91 Å². The van der Waals surface area contributed by atoms with Crippen molar-refractivity contribution in [1.29, 1.82) is 0 Å². The maximum absolute atomic E-state index is 13.5. The predicted molar refractivity (Wildman–Crippen MR) is 81.9 cm³/mol. The molecule has 1 N–H and O–H groups in total. The lowest BCUT2D eigenvalue weighted by atomic mass is 10.3. The summed E-state index contributed by atoms with van der Waals surface area (Å²) >= 11 is 0.940. The maximum atomic E-state index is 13.5. The summed E-state index contributed by atoms with van der Waals surface area (Å²) in [5.41, 5.74) is 0.688. The van der Waals surface area contributed by atoms with Gasteiger partial charge >= 0.3 is 0 Å². The van der Waals surface area contributed by atoms with Crippen molar-refractivity contribution in [1.82, 2.24) is 19.9 Å². The Bertz CT molecular complexity index is 852. The molecule has 0 fully saturated rings. The highest BCUT2D eigenvalue weighted by atomic mass is 32.2. The molecule has 0 radical (unpaired) electrons. The van der Waals surface area contributed by atoms with Crippen LogP contribution >= 0.6 is 11.8 Å². The second kappa shape index (κ2) is 6.74. The molecule has 1 amide bonds. The van der Waals surface area contributed by atoms with Crippen molar-refractivity contribution in [3.63, 3.8) is 0 Å². The predicted octanol–water partition coefficient (Wildman–Crippen LogP) is 2.42. The van der Waals surface area contributed by atoms with Crippen LogP contribution in [0, 0.1) is 11.6 Å². The first-order valence-electron chi connectivity index (χ1n) is 6.76. The van der Waals surface area contributed by atoms with E-state index < -0.39 is 11.6 Å². The molecule has 2 heterocycles. The fraction of sp³-hybridized carbons (Fsp3) is 0.133. The van der Waals surface area contributed by atoms with Crippen LogP contribution in [0.3, 0.4) is 0 Å². The number of nitrogens with zero attached hydrogens (tertiary/aromatic N) is 3. The van der Waals surface area contributed by atoms with Crippen molar-refractivity contribution in [3.8, 4) is 0 Å². The molecule has 0 saturated heterocycles. The van der Waals surface area contributed by atoms with Gasteiger partial charge in [0.1, 0.15) is 11.6 Å². The van der Waals surface area contributed by atoms with E-state index in [1.807, 2.05) is 12.1 Å². The first kappa shape index (κ1) is 15.4. The summed E-state index contributed by atoms with van der Waals surface area (Å²) in [5, 5.41) is 10.7. The minimum atomic E-state index is -0.548. The number of pyridine rings is 1. The van der Waals surface area contributed by atoms with E-state index in [1.165, 1.54) is 0 Å². The zero-order chi connectivity index (χ0) is 16.2. The van der Waals surface area contributed by atoms with E-state index in [0.29, 0.717) is 11.5 Å². The van der Waals surface area contributed by atoms with Gasteiger partial charge in [-0.3, -0.25) is 9.20 Å². The lowest BCUT2D eigenvalue weighted by Gasteiger charge is -2.05. The minimum Gasteiger partial charge on any atom is -0.348 e. The van der Waals surface area contributed by atoms with E-state index >= 15 is 0 Å². The van der Waals surface area contributed by atoms with Gasteiger partial charge in [0.05, 0.1) is 12.3 Å². The summed E-state index contributed by atoms with van der Waals surface area (Å²) in [6, 6.07) is 8.63. The molecule has 0 aliphatic rings. The van der Waals surface area contributed by atoms with Gasteiger partial charge in [0, 0.05) is 11.1 Å². The van der Waals surface area contributed by atoms with Crippen LogP contribution in [0.15, 0.2) is 47.5 Å². The highest BCUT2D eigenvalue weighted by Gasteiger charge is 2.10. The van der Waals surface area contributed by atoms with Crippen molar-refractivity contribution in [2.24, 2.45) is 0 Å². The molecule has 3 rings (SSSR count). The Morgan fingerprint density at radius 2 is 2.09 bits per heavy atom. The van der Waals surface area contributed by atoms with Gasteiger partial charge in [-0.05, 0) is 30.3 Å². The van der Waals surface area contributed by atoms with E-state index in [4.69, 9.17) is 0 Å². The topological polar surface area (TPSA) is 59.3 Å². The Kier molecular flexibility index (Phi) is 4.52. The number of thioether (sulfide) groups is 1. The zero-order valence-corrected chi connectivity index (χ0v) is 12.7.